The van der Waals surface area contributed by atoms with Crippen molar-refractivity contribution >= 4 is 5.91 Å². The van der Waals surface area contributed by atoms with Crippen molar-refractivity contribution in [1.82, 2.24) is 9.80 Å². The maximum absolute atomic E-state index is 12.3. The fourth-order valence-electron chi connectivity index (χ4n) is 3.85. The van der Waals surface area contributed by atoms with Gasteiger partial charge in [-0.3, -0.25) is 9.69 Å². The summed E-state index contributed by atoms with van der Waals surface area (Å²) in [7, 11) is 0. The minimum atomic E-state index is 0.213. The number of carbonyl (C=O) groups is 1. The predicted octanol–water partition coefficient (Wildman–Crippen LogP) is 3.30. The van der Waals surface area contributed by atoms with Gasteiger partial charge in [-0.25, -0.2) is 0 Å². The zero-order valence-electron chi connectivity index (χ0n) is 13.2. The van der Waals surface area contributed by atoms with E-state index in [9.17, 15) is 4.79 Å². The maximum Gasteiger partial charge on any atom is 0.254 e. The van der Waals surface area contributed by atoms with E-state index in [1.54, 1.807) is 0 Å². The van der Waals surface area contributed by atoms with Crippen LogP contribution in [0.15, 0.2) is 24.3 Å². The first-order chi connectivity index (χ1) is 10.2. The zero-order valence-corrected chi connectivity index (χ0v) is 13.2. The van der Waals surface area contributed by atoms with Gasteiger partial charge in [0.25, 0.3) is 5.91 Å². The van der Waals surface area contributed by atoms with Crippen LogP contribution in [0.2, 0.25) is 0 Å². The minimum Gasteiger partial charge on any atom is -0.334 e. The average molecular weight is 286 g/mol. The van der Waals surface area contributed by atoms with Gasteiger partial charge in [0.2, 0.25) is 0 Å². The molecule has 3 nitrogen and oxygen atoms in total. The molecule has 1 saturated heterocycles. The number of carbonyl (C=O) groups excluding carboxylic acids is 1. The Bertz CT molecular complexity index is 504. The molecule has 0 aromatic heterocycles. The lowest BCUT2D eigenvalue weighted by atomic mass is 9.97. The van der Waals surface area contributed by atoms with Gasteiger partial charge in [0.1, 0.15) is 0 Å². The van der Waals surface area contributed by atoms with Gasteiger partial charge in [0, 0.05) is 37.3 Å². The second kappa shape index (κ2) is 6.18. The summed E-state index contributed by atoms with van der Waals surface area (Å²) in [6, 6.07) is 9.39. The van der Waals surface area contributed by atoms with Gasteiger partial charge < -0.3 is 4.90 Å². The third kappa shape index (κ3) is 2.98. The van der Waals surface area contributed by atoms with E-state index in [0.29, 0.717) is 12.1 Å². The molecule has 1 aromatic carbocycles. The van der Waals surface area contributed by atoms with Crippen LogP contribution in [0.4, 0.5) is 0 Å². The molecule has 3 rings (SSSR count). The van der Waals surface area contributed by atoms with E-state index in [1.807, 2.05) is 23.1 Å². The Kier molecular flexibility index (Phi) is 4.29. The van der Waals surface area contributed by atoms with Crippen molar-refractivity contribution in [2.24, 2.45) is 0 Å². The molecule has 0 saturated carbocycles. The van der Waals surface area contributed by atoms with E-state index in [1.165, 1.54) is 24.8 Å². The van der Waals surface area contributed by atoms with E-state index in [4.69, 9.17) is 0 Å². The van der Waals surface area contributed by atoms with Gasteiger partial charge in [0.05, 0.1) is 0 Å². The summed E-state index contributed by atoms with van der Waals surface area (Å²) in [5.74, 6) is 0.213. The SMILES string of the molecule is CC1CCCC(C)N1CCCN1Cc2ccccc2C1=O. The molecule has 2 aliphatic heterocycles. The van der Waals surface area contributed by atoms with Crippen LogP contribution in [0.3, 0.4) is 0 Å². The van der Waals surface area contributed by atoms with Crippen LogP contribution in [0.25, 0.3) is 0 Å². The van der Waals surface area contributed by atoms with E-state index in [2.05, 4.69) is 24.8 Å². The summed E-state index contributed by atoms with van der Waals surface area (Å²) in [4.78, 5) is 16.9. The Morgan fingerprint density at radius 2 is 1.81 bits per heavy atom. The molecular weight excluding hydrogens is 260 g/mol. The summed E-state index contributed by atoms with van der Waals surface area (Å²) in [5, 5.41) is 0. The summed E-state index contributed by atoms with van der Waals surface area (Å²) in [6.45, 7) is 7.46. The highest BCUT2D eigenvalue weighted by molar-refractivity contribution is 5.98. The number of hydrogen-bond acceptors (Lipinski definition) is 2. The van der Waals surface area contributed by atoms with Crippen molar-refractivity contribution in [3.05, 3.63) is 35.4 Å². The monoisotopic (exact) mass is 286 g/mol. The molecule has 0 aliphatic carbocycles. The second-order valence-corrected chi connectivity index (χ2v) is 6.60. The zero-order chi connectivity index (χ0) is 14.8. The van der Waals surface area contributed by atoms with Crippen LogP contribution in [-0.4, -0.2) is 40.9 Å². The lowest BCUT2D eigenvalue weighted by molar-refractivity contribution is 0.0734. The highest BCUT2D eigenvalue weighted by Crippen LogP contribution is 2.24. The van der Waals surface area contributed by atoms with Crippen molar-refractivity contribution in [3.63, 3.8) is 0 Å². The largest absolute Gasteiger partial charge is 0.334 e. The number of amides is 1. The quantitative estimate of drug-likeness (QED) is 0.848. The van der Waals surface area contributed by atoms with Crippen molar-refractivity contribution < 1.29 is 4.79 Å². The molecule has 0 bridgehead atoms. The number of rotatable bonds is 4. The number of nitrogens with zero attached hydrogens (tertiary/aromatic N) is 2. The van der Waals surface area contributed by atoms with Gasteiger partial charge in [-0.05, 0) is 44.7 Å². The molecule has 0 radical (unpaired) electrons. The number of piperidine rings is 1. The molecule has 1 amide bonds. The first kappa shape index (κ1) is 14.6. The molecule has 3 heteroatoms. The molecule has 1 fully saturated rings. The summed E-state index contributed by atoms with van der Waals surface area (Å²) >= 11 is 0. The van der Waals surface area contributed by atoms with E-state index in [-0.39, 0.29) is 5.91 Å². The van der Waals surface area contributed by atoms with Crippen molar-refractivity contribution in [2.45, 2.75) is 58.2 Å². The summed E-state index contributed by atoms with van der Waals surface area (Å²) in [6.07, 6.45) is 5.07. The predicted molar refractivity (Wildman–Crippen MR) is 85.3 cm³/mol. The van der Waals surface area contributed by atoms with Crippen LogP contribution in [0.1, 0.15) is 55.5 Å². The lowest BCUT2D eigenvalue weighted by Crippen LogP contribution is -2.44. The Balaban J connectivity index is 1.52. The molecule has 2 heterocycles. The van der Waals surface area contributed by atoms with Crippen LogP contribution in [-0.2, 0) is 6.54 Å². The Morgan fingerprint density at radius 3 is 2.52 bits per heavy atom. The number of fused-ring (bicyclic) bond motifs is 1. The Labute approximate surface area is 127 Å². The fourth-order valence-corrected chi connectivity index (χ4v) is 3.85. The van der Waals surface area contributed by atoms with Crippen LogP contribution < -0.4 is 0 Å². The normalized spacial score (nSPS) is 26.2. The molecule has 114 valence electrons. The number of hydrogen-bond donors (Lipinski definition) is 0. The minimum absolute atomic E-state index is 0.213. The molecule has 2 unspecified atom stereocenters. The molecule has 2 atom stereocenters. The third-order valence-corrected chi connectivity index (χ3v) is 5.12. The van der Waals surface area contributed by atoms with Gasteiger partial charge in [-0.2, -0.15) is 0 Å². The van der Waals surface area contributed by atoms with Crippen molar-refractivity contribution in [2.75, 3.05) is 13.1 Å². The third-order valence-electron chi connectivity index (χ3n) is 5.12. The molecular formula is C18H26N2O. The second-order valence-electron chi connectivity index (χ2n) is 6.60. The number of benzene rings is 1. The van der Waals surface area contributed by atoms with Gasteiger partial charge in [0.15, 0.2) is 0 Å². The standard InChI is InChI=1S/C18H26N2O/c1-14-7-5-8-15(2)20(14)12-6-11-19-13-16-9-3-4-10-17(16)18(19)21/h3-4,9-10,14-15H,5-8,11-13H2,1-2H3. The van der Waals surface area contributed by atoms with Crippen LogP contribution >= 0.6 is 0 Å². The molecule has 1 aromatic rings. The molecule has 21 heavy (non-hydrogen) atoms. The van der Waals surface area contributed by atoms with Gasteiger partial charge >= 0.3 is 0 Å². The first-order valence-electron chi connectivity index (χ1n) is 8.29. The first-order valence-corrected chi connectivity index (χ1v) is 8.29. The Morgan fingerprint density at radius 1 is 1.10 bits per heavy atom. The fraction of sp³-hybridized carbons (Fsp3) is 0.611. The average Bonchev–Trinajstić information content (AvgIpc) is 2.79. The van der Waals surface area contributed by atoms with Crippen LogP contribution in [0, 0.1) is 0 Å². The van der Waals surface area contributed by atoms with Crippen LogP contribution in [0.5, 0.6) is 0 Å². The van der Waals surface area contributed by atoms with E-state index in [0.717, 1.165) is 31.6 Å². The maximum atomic E-state index is 12.3. The van der Waals surface area contributed by atoms with Gasteiger partial charge in [-0.15, -0.1) is 0 Å². The Hall–Kier alpha value is -1.35. The van der Waals surface area contributed by atoms with E-state index >= 15 is 0 Å². The molecule has 0 N–H and O–H groups in total. The van der Waals surface area contributed by atoms with E-state index < -0.39 is 0 Å². The highest BCUT2D eigenvalue weighted by Gasteiger charge is 2.27. The van der Waals surface area contributed by atoms with Crippen molar-refractivity contribution in [1.29, 1.82) is 0 Å². The lowest BCUT2D eigenvalue weighted by Gasteiger charge is -2.39. The summed E-state index contributed by atoms with van der Waals surface area (Å²) < 4.78 is 0. The number of likely N-dealkylation sites (tertiary alicyclic amines) is 1. The van der Waals surface area contributed by atoms with Crippen molar-refractivity contribution in [3.8, 4) is 0 Å². The topological polar surface area (TPSA) is 23.6 Å². The molecule has 0 spiro atoms. The smallest absolute Gasteiger partial charge is 0.254 e. The summed E-state index contributed by atoms with van der Waals surface area (Å²) in [5.41, 5.74) is 2.08. The molecule has 2 aliphatic rings. The van der Waals surface area contributed by atoms with Gasteiger partial charge in [-0.1, -0.05) is 24.6 Å². The highest BCUT2D eigenvalue weighted by atomic mass is 16.2.